The second-order valence-corrected chi connectivity index (χ2v) is 4.88. The molecule has 1 atom stereocenters. The lowest BCUT2D eigenvalue weighted by atomic mass is 10.1. The number of nitrogens with zero attached hydrogens (tertiary/aromatic N) is 4. The van der Waals surface area contributed by atoms with Crippen molar-refractivity contribution in [3.63, 3.8) is 0 Å². The van der Waals surface area contributed by atoms with Crippen molar-refractivity contribution in [3.8, 4) is 6.07 Å². The SMILES string of the molecule is N#Cc1cccnc1NCC1CN2CCN1CC2. The molecule has 0 amide bonds. The number of anilines is 1. The highest BCUT2D eigenvalue weighted by Crippen LogP contribution is 2.17. The minimum atomic E-state index is 0.543. The Bertz CT molecular complexity index is 459. The Labute approximate surface area is 107 Å². The van der Waals surface area contributed by atoms with Crippen LogP contribution in [-0.2, 0) is 0 Å². The zero-order valence-corrected chi connectivity index (χ0v) is 10.3. The van der Waals surface area contributed by atoms with Crippen LogP contribution in [0.2, 0.25) is 0 Å². The Kier molecular flexibility index (Phi) is 3.13. The van der Waals surface area contributed by atoms with Crippen molar-refractivity contribution < 1.29 is 0 Å². The summed E-state index contributed by atoms with van der Waals surface area (Å²) >= 11 is 0. The van der Waals surface area contributed by atoms with E-state index in [1.807, 2.05) is 0 Å². The summed E-state index contributed by atoms with van der Waals surface area (Å²) in [6.45, 7) is 6.72. The van der Waals surface area contributed by atoms with E-state index in [1.54, 1.807) is 18.3 Å². The molecule has 3 aliphatic rings. The molecule has 94 valence electrons. The third-order valence-corrected chi connectivity index (χ3v) is 3.83. The molecule has 1 aromatic heterocycles. The van der Waals surface area contributed by atoms with Crippen LogP contribution in [0.5, 0.6) is 0 Å². The van der Waals surface area contributed by atoms with E-state index in [-0.39, 0.29) is 0 Å². The van der Waals surface area contributed by atoms with E-state index in [1.165, 1.54) is 26.2 Å². The average Bonchev–Trinajstić information content (AvgIpc) is 2.46. The van der Waals surface area contributed by atoms with Gasteiger partial charge in [0.1, 0.15) is 11.9 Å². The van der Waals surface area contributed by atoms with Crippen LogP contribution in [-0.4, -0.2) is 60.1 Å². The highest BCUT2D eigenvalue weighted by molar-refractivity contribution is 5.51. The van der Waals surface area contributed by atoms with Gasteiger partial charge in [-0.05, 0) is 12.1 Å². The minimum Gasteiger partial charge on any atom is -0.367 e. The van der Waals surface area contributed by atoms with Crippen LogP contribution in [0.3, 0.4) is 0 Å². The fraction of sp³-hybridized carbons (Fsp3) is 0.538. The summed E-state index contributed by atoms with van der Waals surface area (Å²) < 4.78 is 0. The number of hydrogen-bond donors (Lipinski definition) is 1. The van der Waals surface area contributed by atoms with Gasteiger partial charge in [-0.2, -0.15) is 5.26 Å². The van der Waals surface area contributed by atoms with Crippen LogP contribution >= 0.6 is 0 Å². The zero-order chi connectivity index (χ0) is 12.4. The minimum absolute atomic E-state index is 0.543. The van der Waals surface area contributed by atoms with Crippen molar-refractivity contribution in [2.24, 2.45) is 0 Å². The van der Waals surface area contributed by atoms with Crippen LogP contribution in [0, 0.1) is 11.3 Å². The first kappa shape index (κ1) is 11.5. The smallest absolute Gasteiger partial charge is 0.143 e. The van der Waals surface area contributed by atoms with Crippen LogP contribution in [0.25, 0.3) is 0 Å². The molecule has 5 heteroatoms. The molecule has 0 radical (unpaired) electrons. The van der Waals surface area contributed by atoms with E-state index in [4.69, 9.17) is 5.26 Å². The van der Waals surface area contributed by atoms with Crippen molar-refractivity contribution in [1.82, 2.24) is 14.8 Å². The molecule has 0 aliphatic carbocycles. The molecule has 4 heterocycles. The van der Waals surface area contributed by atoms with E-state index in [2.05, 4.69) is 26.2 Å². The average molecular weight is 243 g/mol. The van der Waals surface area contributed by atoms with Gasteiger partial charge >= 0.3 is 0 Å². The van der Waals surface area contributed by atoms with E-state index in [0.717, 1.165) is 13.1 Å². The van der Waals surface area contributed by atoms with Crippen molar-refractivity contribution >= 4 is 5.82 Å². The molecule has 4 rings (SSSR count). The van der Waals surface area contributed by atoms with Crippen molar-refractivity contribution in [2.45, 2.75) is 6.04 Å². The van der Waals surface area contributed by atoms with Crippen LogP contribution in [0.15, 0.2) is 18.3 Å². The number of nitriles is 1. The largest absolute Gasteiger partial charge is 0.367 e. The maximum atomic E-state index is 9.01. The summed E-state index contributed by atoms with van der Waals surface area (Å²) in [5.74, 6) is 0.706. The van der Waals surface area contributed by atoms with E-state index >= 15 is 0 Å². The highest BCUT2D eigenvalue weighted by atomic mass is 15.3. The van der Waals surface area contributed by atoms with Gasteiger partial charge < -0.3 is 5.32 Å². The normalized spacial score (nSPS) is 29.8. The first-order chi connectivity index (χ1) is 8.86. The molecular weight excluding hydrogens is 226 g/mol. The summed E-state index contributed by atoms with van der Waals surface area (Å²) in [5, 5.41) is 12.3. The Hall–Kier alpha value is -1.64. The number of rotatable bonds is 3. The maximum Gasteiger partial charge on any atom is 0.143 e. The number of nitrogens with one attached hydrogen (secondary N) is 1. The van der Waals surface area contributed by atoms with Crippen LogP contribution in [0.1, 0.15) is 5.56 Å². The molecule has 1 unspecified atom stereocenters. The molecule has 1 aromatic rings. The molecule has 3 fully saturated rings. The number of aromatic nitrogens is 1. The summed E-state index contributed by atoms with van der Waals surface area (Å²) in [6.07, 6.45) is 1.72. The number of piperazine rings is 3. The Morgan fingerprint density at radius 3 is 2.89 bits per heavy atom. The number of hydrogen-bond acceptors (Lipinski definition) is 5. The molecule has 5 nitrogen and oxygen atoms in total. The van der Waals surface area contributed by atoms with Gasteiger partial charge in [-0.1, -0.05) is 0 Å². The molecule has 0 saturated carbocycles. The topological polar surface area (TPSA) is 55.2 Å². The predicted molar refractivity (Wildman–Crippen MR) is 69.2 cm³/mol. The fourth-order valence-corrected chi connectivity index (χ4v) is 2.77. The third kappa shape index (κ3) is 2.17. The van der Waals surface area contributed by atoms with Gasteiger partial charge in [0.05, 0.1) is 5.56 Å². The monoisotopic (exact) mass is 243 g/mol. The Morgan fingerprint density at radius 1 is 1.39 bits per heavy atom. The Balaban J connectivity index is 1.63. The quantitative estimate of drug-likeness (QED) is 0.831. The van der Waals surface area contributed by atoms with Gasteiger partial charge in [0, 0.05) is 51.5 Å². The van der Waals surface area contributed by atoms with Gasteiger partial charge in [0.15, 0.2) is 0 Å². The van der Waals surface area contributed by atoms with Crippen LogP contribution in [0.4, 0.5) is 5.82 Å². The molecule has 0 spiro atoms. The molecule has 3 aliphatic heterocycles. The second-order valence-electron chi connectivity index (χ2n) is 4.88. The molecule has 18 heavy (non-hydrogen) atoms. The van der Waals surface area contributed by atoms with Crippen molar-refractivity contribution in [1.29, 1.82) is 5.26 Å². The molecule has 0 aromatic carbocycles. The summed E-state index contributed by atoms with van der Waals surface area (Å²) in [4.78, 5) is 9.27. The lowest BCUT2D eigenvalue weighted by Crippen LogP contribution is -2.62. The zero-order valence-electron chi connectivity index (χ0n) is 10.3. The Morgan fingerprint density at radius 2 is 2.22 bits per heavy atom. The molecule has 2 bridgehead atoms. The van der Waals surface area contributed by atoms with Gasteiger partial charge in [0.2, 0.25) is 0 Å². The van der Waals surface area contributed by atoms with Gasteiger partial charge in [-0.15, -0.1) is 0 Å². The predicted octanol–water partition coefficient (Wildman–Crippen LogP) is 0.365. The van der Waals surface area contributed by atoms with E-state index in [9.17, 15) is 0 Å². The summed E-state index contributed by atoms with van der Waals surface area (Å²) in [6, 6.07) is 6.30. The molecule has 1 N–H and O–H groups in total. The standard InChI is InChI=1S/C13H17N5/c14-8-11-2-1-3-15-13(11)16-9-12-10-17-4-6-18(12)7-5-17/h1-3,12H,4-7,9-10H2,(H,15,16). The first-order valence-electron chi connectivity index (χ1n) is 6.42. The van der Waals surface area contributed by atoms with E-state index < -0.39 is 0 Å². The second kappa shape index (κ2) is 4.92. The van der Waals surface area contributed by atoms with Gasteiger partial charge in [-0.3, -0.25) is 9.80 Å². The van der Waals surface area contributed by atoms with Crippen molar-refractivity contribution in [2.75, 3.05) is 44.6 Å². The van der Waals surface area contributed by atoms with Crippen molar-refractivity contribution in [3.05, 3.63) is 23.9 Å². The summed E-state index contributed by atoms with van der Waals surface area (Å²) in [7, 11) is 0. The lowest BCUT2D eigenvalue weighted by molar-refractivity contribution is 0.0189. The number of pyridine rings is 1. The van der Waals surface area contributed by atoms with E-state index in [0.29, 0.717) is 17.4 Å². The lowest BCUT2D eigenvalue weighted by Gasteiger charge is -2.47. The van der Waals surface area contributed by atoms with Gasteiger partial charge in [0.25, 0.3) is 0 Å². The van der Waals surface area contributed by atoms with Gasteiger partial charge in [-0.25, -0.2) is 4.98 Å². The summed E-state index contributed by atoms with van der Waals surface area (Å²) in [5.41, 5.74) is 0.619. The third-order valence-electron chi connectivity index (χ3n) is 3.83. The molecule has 3 saturated heterocycles. The fourth-order valence-electron chi connectivity index (χ4n) is 2.77. The van der Waals surface area contributed by atoms with Crippen LogP contribution < -0.4 is 5.32 Å². The maximum absolute atomic E-state index is 9.01. The first-order valence-corrected chi connectivity index (χ1v) is 6.42. The highest BCUT2D eigenvalue weighted by Gasteiger charge is 2.31. The molecular formula is C13H17N5. The number of fused-ring (bicyclic) bond motifs is 3.